The van der Waals surface area contributed by atoms with E-state index in [2.05, 4.69) is 10.4 Å². The summed E-state index contributed by atoms with van der Waals surface area (Å²) in [5, 5.41) is 7.13. The normalized spacial score (nSPS) is 10.8. The number of aromatic nitrogens is 2. The van der Waals surface area contributed by atoms with E-state index in [1.54, 1.807) is 10.9 Å². The molecule has 20 heavy (non-hydrogen) atoms. The predicted molar refractivity (Wildman–Crippen MR) is 80.0 cm³/mol. The summed E-state index contributed by atoms with van der Waals surface area (Å²) in [6.07, 6.45) is 4.14. The van der Waals surface area contributed by atoms with Gasteiger partial charge in [0.2, 0.25) is 5.91 Å². The van der Waals surface area contributed by atoms with E-state index in [1.165, 1.54) is 0 Å². The molecule has 0 radical (unpaired) electrons. The van der Waals surface area contributed by atoms with Crippen LogP contribution < -0.4 is 11.1 Å². The first-order valence-corrected chi connectivity index (χ1v) is 6.72. The second-order valence-corrected chi connectivity index (χ2v) is 5.09. The van der Waals surface area contributed by atoms with Crippen molar-refractivity contribution in [3.8, 4) is 11.1 Å². The molecule has 0 saturated heterocycles. The van der Waals surface area contributed by atoms with Crippen LogP contribution in [0, 0.1) is 0 Å². The predicted octanol–water partition coefficient (Wildman–Crippen LogP) is 2.05. The van der Waals surface area contributed by atoms with Crippen LogP contribution in [-0.2, 0) is 11.3 Å². The molecular weight excluding hydrogens is 252 g/mol. The quantitative estimate of drug-likeness (QED) is 0.818. The molecular formula is C15H20N4O. The van der Waals surface area contributed by atoms with Gasteiger partial charge in [-0.25, -0.2) is 0 Å². The highest BCUT2D eigenvalue weighted by molar-refractivity contribution is 5.76. The molecule has 0 saturated carbocycles. The Hall–Kier alpha value is -2.30. The van der Waals surface area contributed by atoms with Crippen LogP contribution in [0.1, 0.15) is 20.3 Å². The first-order valence-electron chi connectivity index (χ1n) is 6.72. The number of hydrogen-bond acceptors (Lipinski definition) is 3. The second-order valence-electron chi connectivity index (χ2n) is 5.09. The van der Waals surface area contributed by atoms with Crippen LogP contribution in [0.5, 0.6) is 0 Å². The van der Waals surface area contributed by atoms with Crippen LogP contribution in [0.4, 0.5) is 5.69 Å². The molecule has 0 atom stereocenters. The van der Waals surface area contributed by atoms with E-state index in [9.17, 15) is 4.79 Å². The van der Waals surface area contributed by atoms with Gasteiger partial charge >= 0.3 is 0 Å². The van der Waals surface area contributed by atoms with Gasteiger partial charge in [-0.3, -0.25) is 9.48 Å². The number of carbonyl (C=O) groups excluding carboxylic acids is 1. The van der Waals surface area contributed by atoms with Gasteiger partial charge in [-0.1, -0.05) is 12.1 Å². The highest BCUT2D eigenvalue weighted by Crippen LogP contribution is 2.20. The SMILES string of the molecule is CC(C)NC(=O)CCn1cc(-c2cccc(N)c2)cn1. The average Bonchev–Trinajstić information content (AvgIpc) is 2.84. The Kier molecular flexibility index (Phi) is 4.40. The standard InChI is InChI=1S/C15H20N4O/c1-11(2)18-15(20)6-7-19-10-13(9-17-19)12-4-3-5-14(16)8-12/h3-5,8-11H,6-7,16H2,1-2H3,(H,18,20). The summed E-state index contributed by atoms with van der Waals surface area (Å²) in [6.45, 7) is 4.47. The summed E-state index contributed by atoms with van der Waals surface area (Å²) in [7, 11) is 0. The molecule has 0 unspecified atom stereocenters. The Labute approximate surface area is 118 Å². The number of carbonyl (C=O) groups is 1. The van der Waals surface area contributed by atoms with Crippen molar-refractivity contribution in [2.45, 2.75) is 32.9 Å². The lowest BCUT2D eigenvalue weighted by Crippen LogP contribution is -2.30. The Bertz CT molecular complexity index is 589. The highest BCUT2D eigenvalue weighted by Gasteiger charge is 2.06. The Balaban J connectivity index is 1.97. The lowest BCUT2D eigenvalue weighted by molar-refractivity contribution is -0.121. The van der Waals surface area contributed by atoms with Crippen LogP contribution in [0.25, 0.3) is 11.1 Å². The van der Waals surface area contributed by atoms with Crippen LogP contribution in [0.2, 0.25) is 0 Å². The van der Waals surface area contributed by atoms with Crippen LogP contribution >= 0.6 is 0 Å². The number of hydrogen-bond donors (Lipinski definition) is 2. The summed E-state index contributed by atoms with van der Waals surface area (Å²) in [5.74, 6) is 0.0426. The number of nitrogens with two attached hydrogens (primary N) is 1. The third-order valence-electron chi connectivity index (χ3n) is 2.87. The van der Waals surface area contributed by atoms with E-state index < -0.39 is 0 Å². The molecule has 2 aromatic rings. The molecule has 1 amide bonds. The number of benzene rings is 1. The fourth-order valence-electron chi connectivity index (χ4n) is 1.96. The third-order valence-corrected chi connectivity index (χ3v) is 2.87. The molecule has 5 nitrogen and oxygen atoms in total. The third kappa shape index (κ3) is 3.85. The van der Waals surface area contributed by atoms with Crippen molar-refractivity contribution in [2.75, 3.05) is 5.73 Å². The Morgan fingerprint density at radius 3 is 2.90 bits per heavy atom. The first-order chi connectivity index (χ1) is 9.54. The van der Waals surface area contributed by atoms with E-state index in [0.29, 0.717) is 13.0 Å². The summed E-state index contributed by atoms with van der Waals surface area (Å²) in [6, 6.07) is 7.83. The number of nitrogens with zero attached hydrogens (tertiary/aromatic N) is 2. The maximum atomic E-state index is 11.6. The van der Waals surface area contributed by atoms with Gasteiger partial charge in [0, 0.05) is 36.5 Å². The van der Waals surface area contributed by atoms with Crippen molar-refractivity contribution >= 4 is 11.6 Å². The molecule has 0 aliphatic rings. The monoisotopic (exact) mass is 272 g/mol. The number of anilines is 1. The molecule has 0 aliphatic carbocycles. The lowest BCUT2D eigenvalue weighted by atomic mass is 10.1. The maximum Gasteiger partial charge on any atom is 0.222 e. The molecule has 1 aromatic carbocycles. The number of nitrogen functional groups attached to an aromatic ring is 1. The number of amides is 1. The summed E-state index contributed by atoms with van der Waals surface area (Å²) >= 11 is 0. The van der Waals surface area contributed by atoms with E-state index in [-0.39, 0.29) is 11.9 Å². The number of aryl methyl sites for hydroxylation is 1. The van der Waals surface area contributed by atoms with Crippen LogP contribution in [0.3, 0.4) is 0 Å². The largest absolute Gasteiger partial charge is 0.399 e. The van der Waals surface area contributed by atoms with Crippen molar-refractivity contribution in [3.05, 3.63) is 36.7 Å². The topological polar surface area (TPSA) is 72.9 Å². The van der Waals surface area contributed by atoms with Gasteiger partial charge in [-0.2, -0.15) is 5.10 Å². The smallest absolute Gasteiger partial charge is 0.222 e. The van der Waals surface area contributed by atoms with Crippen LogP contribution in [0.15, 0.2) is 36.7 Å². The first kappa shape index (κ1) is 14.1. The van der Waals surface area contributed by atoms with Crippen molar-refractivity contribution in [2.24, 2.45) is 0 Å². The lowest BCUT2D eigenvalue weighted by Gasteiger charge is -2.07. The van der Waals surface area contributed by atoms with Crippen molar-refractivity contribution < 1.29 is 4.79 Å². The fourth-order valence-corrected chi connectivity index (χ4v) is 1.96. The maximum absolute atomic E-state index is 11.6. The van der Waals surface area contributed by atoms with E-state index in [0.717, 1.165) is 16.8 Å². The minimum Gasteiger partial charge on any atom is -0.399 e. The van der Waals surface area contributed by atoms with E-state index in [1.807, 2.05) is 44.3 Å². The fraction of sp³-hybridized carbons (Fsp3) is 0.333. The van der Waals surface area contributed by atoms with Gasteiger partial charge in [0.25, 0.3) is 0 Å². The zero-order chi connectivity index (χ0) is 14.5. The summed E-state index contributed by atoms with van der Waals surface area (Å²) in [5.41, 5.74) is 8.53. The molecule has 5 heteroatoms. The van der Waals surface area contributed by atoms with Gasteiger partial charge in [-0.15, -0.1) is 0 Å². The second kappa shape index (κ2) is 6.23. The highest BCUT2D eigenvalue weighted by atomic mass is 16.1. The molecule has 0 bridgehead atoms. The average molecular weight is 272 g/mol. The molecule has 2 rings (SSSR count). The zero-order valence-electron chi connectivity index (χ0n) is 11.8. The van der Waals surface area contributed by atoms with Gasteiger partial charge < -0.3 is 11.1 Å². The van der Waals surface area contributed by atoms with Gasteiger partial charge in [-0.05, 0) is 31.5 Å². The zero-order valence-corrected chi connectivity index (χ0v) is 11.8. The molecule has 3 N–H and O–H groups in total. The summed E-state index contributed by atoms with van der Waals surface area (Å²) < 4.78 is 1.78. The van der Waals surface area contributed by atoms with Gasteiger partial charge in [0.15, 0.2) is 0 Å². The Morgan fingerprint density at radius 2 is 2.20 bits per heavy atom. The van der Waals surface area contributed by atoms with Crippen LogP contribution in [-0.4, -0.2) is 21.7 Å². The van der Waals surface area contributed by atoms with Crippen molar-refractivity contribution in [1.82, 2.24) is 15.1 Å². The van der Waals surface area contributed by atoms with E-state index in [4.69, 9.17) is 5.73 Å². The number of nitrogens with one attached hydrogen (secondary N) is 1. The molecule has 0 fully saturated rings. The minimum absolute atomic E-state index is 0.0426. The van der Waals surface area contributed by atoms with E-state index >= 15 is 0 Å². The van der Waals surface area contributed by atoms with Crippen molar-refractivity contribution in [3.63, 3.8) is 0 Å². The molecule has 106 valence electrons. The summed E-state index contributed by atoms with van der Waals surface area (Å²) in [4.78, 5) is 11.6. The Morgan fingerprint density at radius 1 is 1.40 bits per heavy atom. The van der Waals surface area contributed by atoms with Crippen molar-refractivity contribution in [1.29, 1.82) is 0 Å². The minimum atomic E-state index is 0.0426. The molecule has 1 heterocycles. The molecule has 0 spiro atoms. The van der Waals surface area contributed by atoms with Gasteiger partial charge in [0.1, 0.15) is 0 Å². The molecule has 1 aromatic heterocycles. The van der Waals surface area contributed by atoms with Gasteiger partial charge in [0.05, 0.1) is 6.20 Å². The number of rotatable bonds is 5. The molecule has 0 aliphatic heterocycles.